The Morgan fingerprint density at radius 3 is 3.07 bits per heavy atom. The number of aromatic nitrogens is 2. The second-order valence-electron chi connectivity index (χ2n) is 3.70. The Bertz CT molecular complexity index is 365. The molecule has 72 valence electrons. The van der Waals surface area contributed by atoms with Crippen molar-refractivity contribution in [1.82, 2.24) is 10.2 Å². The highest BCUT2D eigenvalue weighted by molar-refractivity contribution is 5.51. The van der Waals surface area contributed by atoms with E-state index in [9.17, 15) is 0 Å². The second kappa shape index (κ2) is 3.62. The predicted molar refractivity (Wildman–Crippen MR) is 52.7 cm³/mol. The number of nitriles is 1. The highest BCUT2D eigenvalue weighted by Crippen LogP contribution is 2.30. The summed E-state index contributed by atoms with van der Waals surface area (Å²) in [5.41, 5.74) is 0.600. The third-order valence-corrected chi connectivity index (χ3v) is 2.41. The Balaban J connectivity index is 2.16. The molecule has 0 saturated heterocycles. The van der Waals surface area contributed by atoms with Gasteiger partial charge in [0.2, 0.25) is 0 Å². The monoisotopic (exact) mass is 188 g/mol. The van der Waals surface area contributed by atoms with E-state index in [-0.39, 0.29) is 0 Å². The Kier molecular flexibility index (Phi) is 2.32. The molecule has 4 nitrogen and oxygen atoms in total. The Morgan fingerprint density at radius 2 is 2.43 bits per heavy atom. The smallest absolute Gasteiger partial charge is 0.168 e. The molecule has 1 aromatic rings. The zero-order valence-corrected chi connectivity index (χ0v) is 8.14. The standard InChI is InChI=1S/C10H12N4/c1-14(7-8-2-3-8)10-9(6-11)4-5-12-13-10/h4-5,8H,2-3,7H2,1H3. The molecule has 1 heterocycles. The van der Waals surface area contributed by atoms with E-state index in [1.54, 1.807) is 12.3 Å². The number of hydrogen-bond acceptors (Lipinski definition) is 4. The molecule has 0 radical (unpaired) electrons. The summed E-state index contributed by atoms with van der Waals surface area (Å²) < 4.78 is 0. The van der Waals surface area contributed by atoms with Crippen molar-refractivity contribution in [2.75, 3.05) is 18.5 Å². The highest BCUT2D eigenvalue weighted by atomic mass is 15.2. The van der Waals surface area contributed by atoms with Crippen molar-refractivity contribution in [1.29, 1.82) is 5.26 Å². The fourth-order valence-corrected chi connectivity index (χ4v) is 1.47. The van der Waals surface area contributed by atoms with Crippen LogP contribution in [0.4, 0.5) is 5.82 Å². The zero-order valence-electron chi connectivity index (χ0n) is 8.14. The SMILES string of the molecule is CN(CC1CC1)c1nnccc1C#N. The lowest BCUT2D eigenvalue weighted by atomic mass is 10.3. The Labute approximate surface area is 83.2 Å². The summed E-state index contributed by atoms with van der Waals surface area (Å²) in [4.78, 5) is 2.02. The summed E-state index contributed by atoms with van der Waals surface area (Å²) in [7, 11) is 1.96. The molecule has 0 unspecified atom stereocenters. The van der Waals surface area contributed by atoms with Gasteiger partial charge in [-0.15, -0.1) is 5.10 Å². The first-order valence-electron chi connectivity index (χ1n) is 4.74. The Hall–Kier alpha value is -1.63. The second-order valence-corrected chi connectivity index (χ2v) is 3.70. The molecule has 1 aliphatic rings. The predicted octanol–water partition coefficient (Wildman–Crippen LogP) is 1.19. The van der Waals surface area contributed by atoms with Crippen molar-refractivity contribution in [3.8, 4) is 6.07 Å². The minimum Gasteiger partial charge on any atom is -0.357 e. The zero-order chi connectivity index (χ0) is 9.97. The molecule has 0 amide bonds. The number of hydrogen-bond donors (Lipinski definition) is 0. The van der Waals surface area contributed by atoms with E-state index < -0.39 is 0 Å². The maximum Gasteiger partial charge on any atom is 0.168 e. The molecular formula is C10H12N4. The van der Waals surface area contributed by atoms with Crippen LogP contribution in [0.3, 0.4) is 0 Å². The van der Waals surface area contributed by atoms with Gasteiger partial charge in [-0.3, -0.25) is 0 Å². The summed E-state index contributed by atoms with van der Waals surface area (Å²) >= 11 is 0. The summed E-state index contributed by atoms with van der Waals surface area (Å²) in [5, 5.41) is 16.7. The minimum atomic E-state index is 0.600. The van der Waals surface area contributed by atoms with Gasteiger partial charge in [0, 0.05) is 13.6 Å². The molecule has 1 aromatic heterocycles. The van der Waals surface area contributed by atoms with E-state index in [1.807, 2.05) is 11.9 Å². The van der Waals surface area contributed by atoms with Crippen molar-refractivity contribution in [3.05, 3.63) is 17.8 Å². The molecule has 1 fully saturated rings. The topological polar surface area (TPSA) is 52.8 Å². The van der Waals surface area contributed by atoms with E-state index in [0.717, 1.165) is 12.5 Å². The van der Waals surface area contributed by atoms with Crippen LogP contribution in [0.15, 0.2) is 12.3 Å². The van der Waals surface area contributed by atoms with Crippen molar-refractivity contribution >= 4 is 5.82 Å². The van der Waals surface area contributed by atoms with Gasteiger partial charge in [-0.05, 0) is 24.8 Å². The first-order valence-corrected chi connectivity index (χ1v) is 4.74. The normalized spacial score (nSPS) is 14.9. The van der Waals surface area contributed by atoms with E-state index >= 15 is 0 Å². The quantitative estimate of drug-likeness (QED) is 0.715. The molecule has 0 N–H and O–H groups in total. The van der Waals surface area contributed by atoms with Crippen LogP contribution >= 0.6 is 0 Å². The van der Waals surface area contributed by atoms with E-state index in [4.69, 9.17) is 5.26 Å². The Morgan fingerprint density at radius 1 is 1.64 bits per heavy atom. The average Bonchev–Trinajstić information content (AvgIpc) is 3.01. The summed E-state index contributed by atoms with van der Waals surface area (Å²) in [6.45, 7) is 0.980. The van der Waals surface area contributed by atoms with Crippen molar-refractivity contribution < 1.29 is 0 Å². The lowest BCUT2D eigenvalue weighted by Gasteiger charge is -2.17. The van der Waals surface area contributed by atoms with Gasteiger partial charge in [0.15, 0.2) is 5.82 Å². The van der Waals surface area contributed by atoms with E-state index in [0.29, 0.717) is 11.4 Å². The fourth-order valence-electron chi connectivity index (χ4n) is 1.47. The van der Waals surface area contributed by atoms with Gasteiger partial charge in [0.05, 0.1) is 11.8 Å². The molecule has 1 aliphatic carbocycles. The molecule has 0 aliphatic heterocycles. The van der Waals surface area contributed by atoms with Crippen LogP contribution in [0.25, 0.3) is 0 Å². The van der Waals surface area contributed by atoms with Crippen molar-refractivity contribution in [3.63, 3.8) is 0 Å². The minimum absolute atomic E-state index is 0.600. The fraction of sp³-hybridized carbons (Fsp3) is 0.500. The van der Waals surface area contributed by atoms with Crippen LogP contribution in [-0.4, -0.2) is 23.8 Å². The molecule has 0 bridgehead atoms. The summed E-state index contributed by atoms with van der Waals surface area (Å²) in [6, 6.07) is 3.83. The van der Waals surface area contributed by atoms with Gasteiger partial charge < -0.3 is 4.90 Å². The van der Waals surface area contributed by atoms with Gasteiger partial charge >= 0.3 is 0 Å². The lowest BCUT2D eigenvalue weighted by Crippen LogP contribution is -2.22. The number of rotatable bonds is 3. The van der Waals surface area contributed by atoms with Crippen LogP contribution in [0.1, 0.15) is 18.4 Å². The first-order chi connectivity index (χ1) is 6.81. The highest BCUT2D eigenvalue weighted by Gasteiger charge is 2.24. The maximum atomic E-state index is 8.87. The van der Waals surface area contributed by atoms with Gasteiger partial charge in [-0.1, -0.05) is 0 Å². The molecule has 14 heavy (non-hydrogen) atoms. The van der Waals surface area contributed by atoms with Crippen molar-refractivity contribution in [2.45, 2.75) is 12.8 Å². The van der Waals surface area contributed by atoms with Gasteiger partial charge in [-0.2, -0.15) is 10.4 Å². The van der Waals surface area contributed by atoms with Crippen LogP contribution in [0.5, 0.6) is 0 Å². The molecule has 4 heteroatoms. The maximum absolute atomic E-state index is 8.87. The lowest BCUT2D eigenvalue weighted by molar-refractivity contribution is 0.766. The molecule has 0 aromatic carbocycles. The first kappa shape index (κ1) is 8.95. The van der Waals surface area contributed by atoms with Crippen LogP contribution in [-0.2, 0) is 0 Å². The van der Waals surface area contributed by atoms with Gasteiger partial charge in [0.25, 0.3) is 0 Å². The van der Waals surface area contributed by atoms with Crippen LogP contribution < -0.4 is 4.90 Å². The van der Waals surface area contributed by atoms with E-state index in [2.05, 4.69) is 16.3 Å². The molecular weight excluding hydrogens is 176 g/mol. The molecule has 1 saturated carbocycles. The average molecular weight is 188 g/mol. The van der Waals surface area contributed by atoms with Crippen molar-refractivity contribution in [2.24, 2.45) is 5.92 Å². The van der Waals surface area contributed by atoms with Crippen LogP contribution in [0.2, 0.25) is 0 Å². The summed E-state index contributed by atoms with van der Waals surface area (Å²) in [6.07, 6.45) is 4.14. The van der Waals surface area contributed by atoms with Gasteiger partial charge in [-0.25, -0.2) is 0 Å². The molecule has 2 rings (SSSR count). The van der Waals surface area contributed by atoms with Gasteiger partial charge in [0.1, 0.15) is 6.07 Å². The van der Waals surface area contributed by atoms with E-state index in [1.165, 1.54) is 12.8 Å². The molecule has 0 atom stereocenters. The van der Waals surface area contributed by atoms with Crippen LogP contribution in [0, 0.1) is 17.2 Å². The number of nitrogens with zero attached hydrogens (tertiary/aromatic N) is 4. The molecule has 0 spiro atoms. The third-order valence-electron chi connectivity index (χ3n) is 2.41. The summed E-state index contributed by atoms with van der Waals surface area (Å²) in [5.74, 6) is 1.48. The number of anilines is 1. The third kappa shape index (κ3) is 1.82. The largest absolute Gasteiger partial charge is 0.357 e.